The topological polar surface area (TPSA) is 0 Å². The van der Waals surface area contributed by atoms with E-state index in [0.29, 0.717) is 0 Å². The molecule has 22 heavy (non-hydrogen) atoms. The monoisotopic (exact) mass is 370 g/mol. The van der Waals surface area contributed by atoms with E-state index in [1.807, 2.05) is 24.3 Å². The second-order valence-corrected chi connectivity index (χ2v) is 7.19. The van der Waals surface area contributed by atoms with Gasteiger partial charge in [0.05, 0.1) is 0 Å². The second kappa shape index (κ2) is 7.47. The van der Waals surface area contributed by atoms with Crippen molar-refractivity contribution < 1.29 is 0 Å². The summed E-state index contributed by atoms with van der Waals surface area (Å²) in [6.07, 6.45) is 0. The Bertz CT molecular complexity index is 764. The molecule has 3 aromatic rings. The second-order valence-electron chi connectivity index (χ2n) is 4.81. The maximum absolute atomic E-state index is 6.42. The van der Waals surface area contributed by atoms with Gasteiger partial charge in [-0.2, -0.15) is 0 Å². The van der Waals surface area contributed by atoms with Crippen molar-refractivity contribution in [2.24, 2.45) is 0 Å². The van der Waals surface area contributed by atoms with Crippen LogP contribution in [0.2, 0.25) is 5.02 Å². The fourth-order valence-corrected chi connectivity index (χ4v) is 4.19. The van der Waals surface area contributed by atoms with E-state index in [0.717, 1.165) is 10.6 Å². The quantitative estimate of drug-likeness (QED) is 0.582. The van der Waals surface area contributed by atoms with E-state index in [2.05, 4.69) is 65.6 Å². The normalized spacial score (nSPS) is 11.4. The molecule has 0 aliphatic rings. The van der Waals surface area contributed by atoms with Gasteiger partial charge in [0.25, 0.3) is 0 Å². The van der Waals surface area contributed by atoms with Crippen molar-refractivity contribution in [3.8, 4) is 0 Å². The SMILES string of the molecule is Clc1ccccc1C(=C[Se]c1ccccc1)c1ccccc1. The van der Waals surface area contributed by atoms with E-state index in [4.69, 9.17) is 11.6 Å². The van der Waals surface area contributed by atoms with Crippen LogP contribution in [0, 0.1) is 0 Å². The van der Waals surface area contributed by atoms with Gasteiger partial charge in [0.1, 0.15) is 0 Å². The number of benzene rings is 3. The minimum atomic E-state index is 0.269. The van der Waals surface area contributed by atoms with E-state index >= 15 is 0 Å². The molecule has 0 radical (unpaired) electrons. The molecular formula is C20H15ClSe. The molecule has 0 aliphatic heterocycles. The van der Waals surface area contributed by atoms with Gasteiger partial charge in [-0.3, -0.25) is 0 Å². The molecule has 0 aliphatic carbocycles. The van der Waals surface area contributed by atoms with Crippen LogP contribution in [0.15, 0.2) is 89.9 Å². The maximum atomic E-state index is 6.42. The number of halogens is 1. The Balaban J connectivity index is 2.02. The Kier molecular flexibility index (Phi) is 5.13. The molecule has 0 spiro atoms. The third-order valence-electron chi connectivity index (χ3n) is 3.30. The zero-order valence-corrected chi connectivity index (χ0v) is 14.4. The fourth-order valence-electron chi connectivity index (χ4n) is 2.21. The van der Waals surface area contributed by atoms with Crippen LogP contribution in [0.3, 0.4) is 0 Å². The molecule has 0 nitrogen and oxygen atoms in total. The van der Waals surface area contributed by atoms with Crippen LogP contribution in [0.1, 0.15) is 11.1 Å². The minimum absolute atomic E-state index is 0.269. The van der Waals surface area contributed by atoms with Gasteiger partial charge < -0.3 is 0 Å². The van der Waals surface area contributed by atoms with Crippen molar-refractivity contribution in [1.29, 1.82) is 0 Å². The van der Waals surface area contributed by atoms with E-state index in [1.165, 1.54) is 15.6 Å². The van der Waals surface area contributed by atoms with Gasteiger partial charge in [0.2, 0.25) is 0 Å². The zero-order chi connectivity index (χ0) is 15.2. The third kappa shape index (κ3) is 3.69. The summed E-state index contributed by atoms with van der Waals surface area (Å²) >= 11 is 6.69. The summed E-state index contributed by atoms with van der Waals surface area (Å²) in [5.41, 5.74) is 3.50. The summed E-state index contributed by atoms with van der Waals surface area (Å²) in [5, 5.41) is 0.793. The van der Waals surface area contributed by atoms with Crippen molar-refractivity contribution in [1.82, 2.24) is 0 Å². The average molecular weight is 370 g/mol. The first-order valence-electron chi connectivity index (χ1n) is 7.07. The van der Waals surface area contributed by atoms with E-state index in [9.17, 15) is 0 Å². The van der Waals surface area contributed by atoms with Crippen molar-refractivity contribution in [2.75, 3.05) is 0 Å². The summed E-state index contributed by atoms with van der Waals surface area (Å²) in [6.45, 7) is 0. The Morgan fingerprint density at radius 2 is 1.32 bits per heavy atom. The summed E-state index contributed by atoms with van der Waals surface area (Å²) < 4.78 is 1.36. The Morgan fingerprint density at radius 1 is 0.727 bits per heavy atom. The van der Waals surface area contributed by atoms with Crippen LogP contribution in [-0.2, 0) is 0 Å². The molecule has 0 unspecified atom stereocenters. The Morgan fingerprint density at radius 3 is 2.00 bits per heavy atom. The summed E-state index contributed by atoms with van der Waals surface area (Å²) in [5.74, 6) is 0. The molecule has 0 bridgehead atoms. The van der Waals surface area contributed by atoms with Gasteiger partial charge in [-0.1, -0.05) is 0 Å². The van der Waals surface area contributed by atoms with Gasteiger partial charge in [-0.25, -0.2) is 0 Å². The van der Waals surface area contributed by atoms with Crippen LogP contribution in [0.5, 0.6) is 0 Å². The van der Waals surface area contributed by atoms with E-state index in [1.54, 1.807) is 0 Å². The summed E-state index contributed by atoms with van der Waals surface area (Å²) in [7, 11) is 0. The van der Waals surface area contributed by atoms with Crippen molar-refractivity contribution >= 4 is 36.6 Å². The molecule has 0 saturated carbocycles. The third-order valence-corrected chi connectivity index (χ3v) is 5.52. The van der Waals surface area contributed by atoms with Gasteiger partial charge in [0.15, 0.2) is 0 Å². The summed E-state index contributed by atoms with van der Waals surface area (Å²) in [4.78, 5) is 2.32. The van der Waals surface area contributed by atoms with Gasteiger partial charge >= 0.3 is 143 Å². The number of hydrogen-bond acceptors (Lipinski definition) is 0. The van der Waals surface area contributed by atoms with Gasteiger partial charge in [0, 0.05) is 0 Å². The molecular weight excluding hydrogens is 355 g/mol. The zero-order valence-electron chi connectivity index (χ0n) is 11.9. The molecule has 108 valence electrons. The molecule has 0 saturated heterocycles. The van der Waals surface area contributed by atoms with Crippen molar-refractivity contribution in [2.45, 2.75) is 0 Å². The molecule has 3 rings (SSSR count). The standard InChI is InChI=1S/C20H15ClSe/c21-20-14-8-7-13-18(20)19(16-9-3-1-4-10-16)15-22-17-11-5-2-6-12-17/h1-15H. The first kappa shape index (κ1) is 15.1. The van der Waals surface area contributed by atoms with Crippen LogP contribution in [0.4, 0.5) is 0 Å². The van der Waals surface area contributed by atoms with Crippen molar-refractivity contribution in [3.63, 3.8) is 0 Å². The van der Waals surface area contributed by atoms with Crippen LogP contribution >= 0.6 is 11.6 Å². The first-order valence-corrected chi connectivity index (χ1v) is 9.29. The van der Waals surface area contributed by atoms with Gasteiger partial charge in [-0.15, -0.1) is 0 Å². The fraction of sp³-hybridized carbons (Fsp3) is 0. The number of rotatable bonds is 4. The molecule has 2 heteroatoms. The average Bonchev–Trinajstić information content (AvgIpc) is 2.58. The van der Waals surface area contributed by atoms with Gasteiger partial charge in [-0.05, 0) is 0 Å². The molecule has 0 atom stereocenters. The Labute approximate surface area is 142 Å². The molecule has 0 fully saturated rings. The van der Waals surface area contributed by atoms with Crippen LogP contribution < -0.4 is 4.46 Å². The van der Waals surface area contributed by atoms with Crippen LogP contribution in [0.25, 0.3) is 5.57 Å². The van der Waals surface area contributed by atoms with Crippen LogP contribution in [-0.4, -0.2) is 15.0 Å². The molecule has 3 aromatic carbocycles. The molecule has 0 amide bonds. The summed E-state index contributed by atoms with van der Waals surface area (Å²) in [6, 6.07) is 29.0. The predicted octanol–water partition coefficient (Wildman–Crippen LogP) is 4.76. The predicted molar refractivity (Wildman–Crippen MR) is 96.8 cm³/mol. The van der Waals surface area contributed by atoms with E-state index in [-0.39, 0.29) is 15.0 Å². The molecule has 0 aromatic heterocycles. The molecule has 0 N–H and O–H groups in total. The molecule has 0 heterocycles. The van der Waals surface area contributed by atoms with Crippen molar-refractivity contribution in [3.05, 3.63) is 106 Å². The first-order chi connectivity index (χ1) is 10.8. The van der Waals surface area contributed by atoms with E-state index < -0.39 is 0 Å². The Hall–Kier alpha value is -1.79. The number of hydrogen-bond donors (Lipinski definition) is 0.